The van der Waals surface area contributed by atoms with Crippen LogP contribution in [0, 0.1) is 24.6 Å². The lowest BCUT2D eigenvalue weighted by Gasteiger charge is -2.07. The molecule has 0 unspecified atom stereocenters. The van der Waals surface area contributed by atoms with Gasteiger partial charge in [0.25, 0.3) is 0 Å². The normalized spacial score (nSPS) is 9.95. The molecule has 0 fully saturated rings. The van der Waals surface area contributed by atoms with Gasteiger partial charge in [-0.1, -0.05) is 17.9 Å². The molecular weight excluding hydrogens is 275 g/mol. The Bertz CT molecular complexity index is 637. The monoisotopic (exact) mass is 290 g/mol. The first-order valence-electron chi connectivity index (χ1n) is 6.25. The second-order valence-corrected chi connectivity index (χ2v) is 5.27. The van der Waals surface area contributed by atoms with Crippen LogP contribution in [0.15, 0.2) is 29.6 Å². The fourth-order valence-corrected chi connectivity index (χ4v) is 2.35. The number of thiophene rings is 1. The van der Waals surface area contributed by atoms with Gasteiger partial charge in [-0.2, -0.15) is 0 Å². The summed E-state index contributed by atoms with van der Waals surface area (Å²) in [6.07, 6.45) is 0.476. The van der Waals surface area contributed by atoms with Crippen molar-refractivity contribution in [3.8, 4) is 17.6 Å². The summed E-state index contributed by atoms with van der Waals surface area (Å²) >= 11 is 1.55. The lowest BCUT2D eigenvalue weighted by atomic mass is 10.2. The van der Waals surface area contributed by atoms with Gasteiger partial charge >= 0.3 is 0 Å². The Labute approximate surface area is 121 Å². The minimum absolute atomic E-state index is 0.0754. The number of hydrogen-bond donors (Lipinski definition) is 1. The molecule has 1 aromatic heterocycles. The first-order valence-corrected chi connectivity index (χ1v) is 7.13. The van der Waals surface area contributed by atoms with Crippen molar-refractivity contribution in [3.05, 3.63) is 51.5 Å². The van der Waals surface area contributed by atoms with Crippen LogP contribution < -0.4 is 4.74 Å². The third-order valence-corrected chi connectivity index (χ3v) is 3.55. The molecule has 2 aromatic rings. The van der Waals surface area contributed by atoms with Crippen LogP contribution in [0.3, 0.4) is 0 Å². The Balaban J connectivity index is 1.98. The van der Waals surface area contributed by atoms with Crippen molar-refractivity contribution in [3.63, 3.8) is 0 Å². The Hall–Kier alpha value is -1.83. The maximum Gasteiger partial charge on any atom is 0.126 e. The molecule has 104 valence electrons. The smallest absolute Gasteiger partial charge is 0.126 e. The van der Waals surface area contributed by atoms with Gasteiger partial charge in [0.15, 0.2) is 0 Å². The minimum atomic E-state index is -0.299. The van der Waals surface area contributed by atoms with E-state index < -0.39 is 0 Å². The van der Waals surface area contributed by atoms with Crippen molar-refractivity contribution in [1.29, 1.82) is 0 Å². The van der Waals surface area contributed by atoms with Crippen molar-refractivity contribution in [2.24, 2.45) is 0 Å². The first kappa shape index (κ1) is 14.6. The van der Waals surface area contributed by atoms with E-state index in [1.807, 2.05) is 18.4 Å². The molecule has 0 bridgehead atoms. The molecule has 0 aliphatic heterocycles. The van der Waals surface area contributed by atoms with Gasteiger partial charge < -0.3 is 9.84 Å². The molecule has 4 heteroatoms. The van der Waals surface area contributed by atoms with Crippen molar-refractivity contribution >= 4 is 11.3 Å². The number of benzene rings is 1. The molecule has 0 aliphatic rings. The van der Waals surface area contributed by atoms with Crippen molar-refractivity contribution in [2.75, 3.05) is 6.61 Å². The summed E-state index contributed by atoms with van der Waals surface area (Å²) in [5, 5.41) is 10.6. The van der Waals surface area contributed by atoms with Crippen molar-refractivity contribution in [1.82, 2.24) is 0 Å². The molecule has 0 amide bonds. The van der Waals surface area contributed by atoms with E-state index in [0.29, 0.717) is 18.8 Å². The fourth-order valence-electron chi connectivity index (χ4n) is 1.62. The van der Waals surface area contributed by atoms with Crippen LogP contribution in [-0.4, -0.2) is 11.7 Å². The van der Waals surface area contributed by atoms with E-state index >= 15 is 0 Å². The summed E-state index contributed by atoms with van der Waals surface area (Å²) in [7, 11) is 0. The number of ether oxygens (including phenoxy) is 1. The van der Waals surface area contributed by atoms with Crippen LogP contribution in [-0.2, 0) is 6.61 Å². The standard InChI is InChI=1S/C16H15FO2S/c1-12-5-6-14(17)9-16(12)19-10-15-8-13(11-20-15)4-2-3-7-18/h5-6,8-9,11,18H,3,7,10H2,1H3. The van der Waals surface area contributed by atoms with E-state index in [-0.39, 0.29) is 12.4 Å². The molecule has 1 aromatic carbocycles. The number of aliphatic hydroxyl groups is 1. The number of halogens is 1. The molecule has 0 atom stereocenters. The van der Waals surface area contributed by atoms with Crippen LogP contribution in [0.5, 0.6) is 5.75 Å². The molecule has 1 N–H and O–H groups in total. The Morgan fingerprint density at radius 2 is 2.20 bits per heavy atom. The highest BCUT2D eigenvalue weighted by atomic mass is 32.1. The average molecular weight is 290 g/mol. The zero-order chi connectivity index (χ0) is 14.4. The van der Waals surface area contributed by atoms with Gasteiger partial charge in [-0.15, -0.1) is 11.3 Å². The van der Waals surface area contributed by atoms with Crippen LogP contribution in [0.2, 0.25) is 0 Å². The summed E-state index contributed by atoms with van der Waals surface area (Å²) in [6, 6.07) is 6.46. The zero-order valence-corrected chi connectivity index (χ0v) is 12.0. The quantitative estimate of drug-likeness (QED) is 0.873. The van der Waals surface area contributed by atoms with E-state index in [2.05, 4.69) is 11.8 Å². The Morgan fingerprint density at radius 3 is 3.00 bits per heavy atom. The number of rotatable bonds is 4. The third-order valence-electron chi connectivity index (χ3n) is 2.64. The van der Waals surface area contributed by atoms with E-state index in [1.165, 1.54) is 12.1 Å². The van der Waals surface area contributed by atoms with Crippen LogP contribution >= 0.6 is 11.3 Å². The van der Waals surface area contributed by atoms with E-state index in [4.69, 9.17) is 9.84 Å². The maximum absolute atomic E-state index is 13.1. The maximum atomic E-state index is 13.1. The van der Waals surface area contributed by atoms with Gasteiger partial charge in [0.2, 0.25) is 0 Å². The van der Waals surface area contributed by atoms with Gasteiger partial charge in [0.1, 0.15) is 18.2 Å². The van der Waals surface area contributed by atoms with Gasteiger partial charge in [-0.25, -0.2) is 4.39 Å². The van der Waals surface area contributed by atoms with Gasteiger partial charge in [-0.3, -0.25) is 0 Å². The minimum Gasteiger partial charge on any atom is -0.488 e. The predicted molar refractivity (Wildman–Crippen MR) is 78.4 cm³/mol. The summed E-state index contributed by atoms with van der Waals surface area (Å²) < 4.78 is 18.8. The summed E-state index contributed by atoms with van der Waals surface area (Å²) in [5.74, 6) is 6.10. The van der Waals surface area contributed by atoms with E-state index in [1.54, 1.807) is 17.4 Å². The molecule has 0 saturated carbocycles. The topological polar surface area (TPSA) is 29.5 Å². The lowest BCUT2D eigenvalue weighted by Crippen LogP contribution is -1.95. The lowest BCUT2D eigenvalue weighted by molar-refractivity contribution is 0.305. The highest BCUT2D eigenvalue weighted by Crippen LogP contribution is 2.22. The highest BCUT2D eigenvalue weighted by molar-refractivity contribution is 7.10. The molecule has 1 heterocycles. The zero-order valence-electron chi connectivity index (χ0n) is 11.1. The molecule has 0 saturated heterocycles. The Kier molecular flexibility index (Phi) is 5.16. The predicted octanol–water partition coefficient (Wildman–Crippen LogP) is 3.51. The molecular formula is C16H15FO2S. The SMILES string of the molecule is Cc1ccc(F)cc1OCc1cc(C#CCCO)cs1. The fraction of sp³-hybridized carbons (Fsp3) is 0.250. The third kappa shape index (κ3) is 4.09. The van der Waals surface area contributed by atoms with Crippen LogP contribution in [0.1, 0.15) is 22.4 Å². The van der Waals surface area contributed by atoms with Gasteiger partial charge in [0.05, 0.1) is 6.61 Å². The molecule has 0 aliphatic carbocycles. The molecule has 2 rings (SSSR count). The summed E-state index contributed by atoms with van der Waals surface area (Å²) in [4.78, 5) is 1.03. The second-order valence-electron chi connectivity index (χ2n) is 4.28. The second kappa shape index (κ2) is 7.09. The van der Waals surface area contributed by atoms with E-state index in [0.717, 1.165) is 16.0 Å². The highest BCUT2D eigenvalue weighted by Gasteiger charge is 2.03. The molecule has 0 radical (unpaired) electrons. The van der Waals surface area contributed by atoms with Crippen molar-refractivity contribution in [2.45, 2.75) is 20.0 Å². The molecule has 20 heavy (non-hydrogen) atoms. The average Bonchev–Trinajstić information content (AvgIpc) is 2.88. The first-order chi connectivity index (χ1) is 9.69. The van der Waals surface area contributed by atoms with Crippen LogP contribution in [0.25, 0.3) is 0 Å². The van der Waals surface area contributed by atoms with E-state index in [9.17, 15) is 4.39 Å². The number of hydrogen-bond acceptors (Lipinski definition) is 3. The largest absolute Gasteiger partial charge is 0.488 e. The number of aryl methyl sites for hydroxylation is 1. The van der Waals surface area contributed by atoms with Crippen molar-refractivity contribution < 1.29 is 14.2 Å². The van der Waals surface area contributed by atoms with Gasteiger partial charge in [-0.05, 0) is 24.6 Å². The molecule has 2 nitrogen and oxygen atoms in total. The Morgan fingerprint density at radius 1 is 1.35 bits per heavy atom. The van der Waals surface area contributed by atoms with Gasteiger partial charge in [0, 0.05) is 28.3 Å². The summed E-state index contributed by atoms with van der Waals surface area (Å²) in [6.45, 7) is 2.36. The summed E-state index contributed by atoms with van der Waals surface area (Å²) in [5.41, 5.74) is 1.82. The number of aliphatic hydroxyl groups excluding tert-OH is 1. The molecule has 0 spiro atoms. The van der Waals surface area contributed by atoms with Crippen LogP contribution in [0.4, 0.5) is 4.39 Å².